The zero-order valence-electron chi connectivity index (χ0n) is 17.8. The van der Waals surface area contributed by atoms with Gasteiger partial charge >= 0.3 is 0 Å². The molecule has 2 aromatic rings. The van der Waals surface area contributed by atoms with Crippen LogP contribution in [0.15, 0.2) is 43.2 Å². The Bertz CT molecular complexity index is 999. The van der Waals surface area contributed by atoms with Crippen LogP contribution < -0.4 is 20.1 Å². The molecule has 0 bridgehead atoms. The Morgan fingerprint density at radius 2 is 2.03 bits per heavy atom. The third-order valence-corrected chi connectivity index (χ3v) is 5.58. The summed E-state index contributed by atoms with van der Waals surface area (Å²) in [6.07, 6.45) is 6.15. The van der Waals surface area contributed by atoms with Gasteiger partial charge in [-0.15, -0.1) is 0 Å². The third-order valence-electron chi connectivity index (χ3n) is 5.58. The molecule has 0 spiro atoms. The molecular formula is C23H27N5O3. The molecule has 0 aliphatic carbocycles. The summed E-state index contributed by atoms with van der Waals surface area (Å²) < 4.78 is 10.7. The molecule has 3 heterocycles. The average molecular weight is 422 g/mol. The molecule has 1 fully saturated rings. The molecule has 2 aliphatic rings. The van der Waals surface area contributed by atoms with Gasteiger partial charge in [0.1, 0.15) is 17.7 Å². The molecule has 1 aromatic heterocycles. The Morgan fingerprint density at radius 1 is 1.26 bits per heavy atom. The molecule has 31 heavy (non-hydrogen) atoms. The number of hydrogen-bond acceptors (Lipinski definition) is 6. The summed E-state index contributed by atoms with van der Waals surface area (Å²) in [4.78, 5) is 19.3. The Balaban J connectivity index is 1.59. The quantitative estimate of drug-likeness (QED) is 0.507. The number of carbonyl (C=O) groups is 1. The molecule has 0 radical (unpaired) electrons. The third kappa shape index (κ3) is 4.47. The molecule has 1 saturated heterocycles. The number of methoxy groups -OCH3 is 2. The molecule has 0 saturated carbocycles. The minimum atomic E-state index is -0.136. The van der Waals surface area contributed by atoms with Gasteiger partial charge in [-0.25, -0.2) is 0 Å². The predicted molar refractivity (Wildman–Crippen MR) is 119 cm³/mol. The zero-order chi connectivity index (χ0) is 21.8. The van der Waals surface area contributed by atoms with Crippen LogP contribution in [-0.4, -0.2) is 60.7 Å². The SMILES string of the molecule is C=CC(=O)NC1CCN(C2c3c[nH]cc3NCN2C#Cc2cc(OC)cc(OC)c2)C1. The number of hydrogen-bond donors (Lipinski definition) is 3. The average Bonchev–Trinajstić information content (AvgIpc) is 3.46. The van der Waals surface area contributed by atoms with Crippen molar-refractivity contribution < 1.29 is 14.3 Å². The van der Waals surface area contributed by atoms with Crippen molar-refractivity contribution >= 4 is 11.6 Å². The number of anilines is 1. The topological polar surface area (TPSA) is 81.9 Å². The van der Waals surface area contributed by atoms with Gasteiger partial charge < -0.3 is 25.1 Å². The maximum Gasteiger partial charge on any atom is 0.243 e. The molecule has 2 unspecified atom stereocenters. The second-order valence-electron chi connectivity index (χ2n) is 7.53. The molecular weight excluding hydrogens is 394 g/mol. The molecule has 162 valence electrons. The van der Waals surface area contributed by atoms with Crippen LogP contribution in [0, 0.1) is 12.0 Å². The van der Waals surface area contributed by atoms with Crippen molar-refractivity contribution in [2.45, 2.75) is 18.6 Å². The molecule has 2 atom stereocenters. The number of rotatable bonds is 5. The van der Waals surface area contributed by atoms with Crippen LogP contribution in [0.2, 0.25) is 0 Å². The van der Waals surface area contributed by atoms with Crippen LogP contribution in [-0.2, 0) is 4.79 Å². The Kier molecular flexibility index (Phi) is 6.05. The first-order valence-corrected chi connectivity index (χ1v) is 10.2. The maximum absolute atomic E-state index is 11.7. The van der Waals surface area contributed by atoms with Crippen LogP contribution >= 0.6 is 0 Å². The van der Waals surface area contributed by atoms with Gasteiger partial charge in [-0.2, -0.15) is 0 Å². The maximum atomic E-state index is 11.7. The second-order valence-corrected chi connectivity index (χ2v) is 7.53. The Morgan fingerprint density at radius 3 is 2.74 bits per heavy atom. The van der Waals surface area contributed by atoms with E-state index in [2.05, 4.69) is 44.0 Å². The lowest BCUT2D eigenvalue weighted by Crippen LogP contribution is -2.45. The van der Waals surface area contributed by atoms with E-state index in [0.717, 1.165) is 36.3 Å². The first-order chi connectivity index (χ1) is 15.1. The van der Waals surface area contributed by atoms with Gasteiger partial charge in [0.05, 0.1) is 26.6 Å². The summed E-state index contributed by atoms with van der Waals surface area (Å²) in [6, 6.07) is 9.02. The number of aromatic nitrogens is 1. The fourth-order valence-corrected chi connectivity index (χ4v) is 4.07. The molecule has 3 N–H and O–H groups in total. The number of benzene rings is 1. The van der Waals surface area contributed by atoms with Crippen LogP contribution in [0.25, 0.3) is 0 Å². The van der Waals surface area contributed by atoms with E-state index < -0.39 is 0 Å². The summed E-state index contributed by atoms with van der Waals surface area (Å²) in [5.74, 6) is 4.51. The first-order valence-electron chi connectivity index (χ1n) is 10.2. The van der Waals surface area contributed by atoms with E-state index in [-0.39, 0.29) is 18.1 Å². The molecule has 4 rings (SSSR count). The number of carbonyl (C=O) groups excluding carboxylic acids is 1. The molecule has 8 nitrogen and oxygen atoms in total. The molecule has 1 amide bonds. The van der Waals surface area contributed by atoms with Gasteiger partial charge in [-0.1, -0.05) is 6.58 Å². The monoisotopic (exact) mass is 421 g/mol. The fraction of sp³-hybridized carbons (Fsp3) is 0.348. The van der Waals surface area contributed by atoms with E-state index in [0.29, 0.717) is 18.2 Å². The second kappa shape index (κ2) is 9.06. The largest absolute Gasteiger partial charge is 0.497 e. The highest BCUT2D eigenvalue weighted by Crippen LogP contribution is 2.36. The lowest BCUT2D eigenvalue weighted by molar-refractivity contribution is -0.117. The summed E-state index contributed by atoms with van der Waals surface area (Å²) in [5, 5.41) is 6.42. The van der Waals surface area contributed by atoms with Crippen LogP contribution in [0.5, 0.6) is 11.5 Å². The molecule has 1 aromatic carbocycles. The number of aromatic amines is 1. The minimum absolute atomic E-state index is 0.0202. The Hall–Kier alpha value is -3.57. The summed E-state index contributed by atoms with van der Waals surface area (Å²) in [6.45, 7) is 5.74. The van der Waals surface area contributed by atoms with Gasteiger partial charge in [-0.05, 0) is 30.6 Å². The van der Waals surface area contributed by atoms with Crippen molar-refractivity contribution in [1.29, 1.82) is 0 Å². The lowest BCUT2D eigenvalue weighted by Gasteiger charge is -2.39. The number of amides is 1. The summed E-state index contributed by atoms with van der Waals surface area (Å²) in [5.41, 5.74) is 3.02. The fourth-order valence-electron chi connectivity index (χ4n) is 4.07. The van der Waals surface area contributed by atoms with E-state index in [4.69, 9.17) is 9.47 Å². The summed E-state index contributed by atoms with van der Waals surface area (Å²) >= 11 is 0. The molecule has 2 aliphatic heterocycles. The first kappa shape index (κ1) is 20.7. The number of nitrogens with one attached hydrogen (secondary N) is 3. The van der Waals surface area contributed by atoms with Crippen molar-refractivity contribution in [2.75, 3.05) is 39.3 Å². The van der Waals surface area contributed by atoms with Crippen LogP contribution in [0.4, 0.5) is 5.69 Å². The smallest absolute Gasteiger partial charge is 0.243 e. The van der Waals surface area contributed by atoms with E-state index in [9.17, 15) is 4.79 Å². The summed E-state index contributed by atoms with van der Waals surface area (Å²) in [7, 11) is 3.25. The number of likely N-dealkylation sites (tertiary alicyclic amines) is 1. The van der Waals surface area contributed by atoms with Gasteiger partial charge in [0, 0.05) is 54.8 Å². The number of ether oxygens (including phenoxy) is 2. The molecule has 8 heteroatoms. The lowest BCUT2D eigenvalue weighted by atomic mass is 10.1. The standard InChI is InChI=1S/C23H27N5O3/c1-4-22(29)26-17-6-8-27(14-17)23-20-12-24-13-21(20)25-15-28(23)7-5-16-9-18(30-2)11-19(10-16)31-3/h4,9-13,17,23-25H,1,6,8,14-15H2,2-3H3,(H,26,29). The van der Waals surface area contributed by atoms with Gasteiger partial charge in [0.2, 0.25) is 5.91 Å². The van der Waals surface area contributed by atoms with Crippen molar-refractivity contribution in [2.24, 2.45) is 0 Å². The van der Waals surface area contributed by atoms with Gasteiger partial charge in [-0.3, -0.25) is 14.6 Å². The number of nitrogens with zero attached hydrogens (tertiary/aromatic N) is 2. The zero-order valence-corrected chi connectivity index (χ0v) is 17.8. The van der Waals surface area contributed by atoms with Crippen molar-refractivity contribution in [3.8, 4) is 23.5 Å². The normalized spacial score (nSPS) is 20.1. The van der Waals surface area contributed by atoms with E-state index in [1.165, 1.54) is 6.08 Å². The van der Waals surface area contributed by atoms with Crippen LogP contribution in [0.3, 0.4) is 0 Å². The van der Waals surface area contributed by atoms with E-state index in [1.54, 1.807) is 14.2 Å². The van der Waals surface area contributed by atoms with Crippen molar-refractivity contribution in [1.82, 2.24) is 20.1 Å². The minimum Gasteiger partial charge on any atom is -0.497 e. The highest BCUT2D eigenvalue weighted by Gasteiger charge is 2.36. The number of fused-ring (bicyclic) bond motifs is 1. The van der Waals surface area contributed by atoms with Gasteiger partial charge in [0.25, 0.3) is 0 Å². The highest BCUT2D eigenvalue weighted by atomic mass is 16.5. The van der Waals surface area contributed by atoms with Crippen LogP contribution in [0.1, 0.15) is 23.7 Å². The van der Waals surface area contributed by atoms with Crippen molar-refractivity contribution in [3.05, 3.63) is 54.4 Å². The van der Waals surface area contributed by atoms with Gasteiger partial charge in [0.15, 0.2) is 0 Å². The van der Waals surface area contributed by atoms with Crippen molar-refractivity contribution in [3.63, 3.8) is 0 Å². The predicted octanol–water partition coefficient (Wildman–Crippen LogP) is 2.10. The van der Waals surface area contributed by atoms with E-state index in [1.807, 2.05) is 30.6 Å². The highest BCUT2D eigenvalue weighted by molar-refractivity contribution is 5.87. The Labute approximate surface area is 182 Å². The van der Waals surface area contributed by atoms with E-state index >= 15 is 0 Å². The number of H-pyrrole nitrogens is 1.